The Bertz CT molecular complexity index is 596. The van der Waals surface area contributed by atoms with Crippen molar-refractivity contribution in [1.82, 2.24) is 25.3 Å². The third-order valence-electron chi connectivity index (χ3n) is 2.71. The minimum atomic E-state index is -0.0811. The van der Waals surface area contributed by atoms with Crippen molar-refractivity contribution >= 4 is 22.4 Å². The van der Waals surface area contributed by atoms with Gasteiger partial charge >= 0.3 is 0 Å². The standard InChI is InChI=1S/C12H18N6O2S/c1-4-11-16-17-12(21-11)13-9(19)5-6-18(3)7-10-15-14-8(2)20-10/h4-7H2,1-3H3,(H,13,17,19). The molecule has 9 heteroatoms. The highest BCUT2D eigenvalue weighted by Gasteiger charge is 2.11. The van der Waals surface area contributed by atoms with E-state index >= 15 is 0 Å². The van der Waals surface area contributed by atoms with E-state index < -0.39 is 0 Å². The number of hydrogen-bond acceptors (Lipinski definition) is 8. The number of rotatable bonds is 7. The van der Waals surface area contributed by atoms with E-state index in [1.807, 2.05) is 18.9 Å². The molecule has 2 aromatic rings. The van der Waals surface area contributed by atoms with Gasteiger partial charge in [-0.1, -0.05) is 18.3 Å². The molecule has 0 radical (unpaired) electrons. The lowest BCUT2D eigenvalue weighted by Crippen LogP contribution is -2.24. The van der Waals surface area contributed by atoms with E-state index in [9.17, 15) is 4.79 Å². The van der Waals surface area contributed by atoms with Crippen LogP contribution in [0.4, 0.5) is 5.13 Å². The van der Waals surface area contributed by atoms with Crippen LogP contribution in [0, 0.1) is 6.92 Å². The molecule has 114 valence electrons. The lowest BCUT2D eigenvalue weighted by atomic mass is 10.3. The lowest BCUT2D eigenvalue weighted by molar-refractivity contribution is -0.116. The molecule has 2 rings (SSSR count). The third-order valence-corrected chi connectivity index (χ3v) is 3.69. The Morgan fingerprint density at radius 2 is 2.14 bits per heavy atom. The number of nitrogens with one attached hydrogen (secondary N) is 1. The second kappa shape index (κ2) is 7.23. The summed E-state index contributed by atoms with van der Waals surface area (Å²) in [5.74, 6) is 1.01. The van der Waals surface area contributed by atoms with Crippen molar-refractivity contribution in [1.29, 1.82) is 0 Å². The summed E-state index contributed by atoms with van der Waals surface area (Å²) in [5.41, 5.74) is 0. The molecule has 0 saturated carbocycles. The molecule has 0 fully saturated rings. The maximum absolute atomic E-state index is 11.8. The first-order chi connectivity index (χ1) is 10.1. The predicted octanol–water partition coefficient (Wildman–Crippen LogP) is 1.25. The van der Waals surface area contributed by atoms with Gasteiger partial charge < -0.3 is 9.73 Å². The van der Waals surface area contributed by atoms with Crippen LogP contribution in [-0.2, 0) is 17.8 Å². The van der Waals surface area contributed by atoms with Gasteiger partial charge in [-0.2, -0.15) is 0 Å². The maximum atomic E-state index is 11.8. The lowest BCUT2D eigenvalue weighted by Gasteiger charge is -2.13. The van der Waals surface area contributed by atoms with E-state index in [1.54, 1.807) is 6.92 Å². The van der Waals surface area contributed by atoms with Crippen LogP contribution in [-0.4, -0.2) is 44.8 Å². The summed E-state index contributed by atoms with van der Waals surface area (Å²) in [6, 6.07) is 0. The van der Waals surface area contributed by atoms with E-state index in [2.05, 4.69) is 25.7 Å². The molecule has 0 aromatic carbocycles. The van der Waals surface area contributed by atoms with E-state index in [-0.39, 0.29) is 5.91 Å². The quantitative estimate of drug-likeness (QED) is 0.822. The number of carbonyl (C=O) groups excluding carboxylic acids is 1. The number of aromatic nitrogens is 4. The molecule has 21 heavy (non-hydrogen) atoms. The predicted molar refractivity (Wildman–Crippen MR) is 77.9 cm³/mol. The summed E-state index contributed by atoms with van der Waals surface area (Å²) in [5, 5.41) is 19.8. The van der Waals surface area contributed by atoms with Gasteiger partial charge in [-0.15, -0.1) is 20.4 Å². The first kappa shape index (κ1) is 15.5. The minimum Gasteiger partial charge on any atom is -0.424 e. The molecule has 0 saturated heterocycles. The number of amides is 1. The highest BCUT2D eigenvalue weighted by molar-refractivity contribution is 7.15. The normalized spacial score (nSPS) is 11.0. The van der Waals surface area contributed by atoms with Crippen LogP contribution >= 0.6 is 11.3 Å². The average molecular weight is 310 g/mol. The fourth-order valence-corrected chi connectivity index (χ4v) is 2.33. The molecule has 0 aliphatic carbocycles. The monoisotopic (exact) mass is 310 g/mol. The highest BCUT2D eigenvalue weighted by atomic mass is 32.1. The number of hydrogen-bond donors (Lipinski definition) is 1. The zero-order valence-electron chi connectivity index (χ0n) is 12.3. The van der Waals surface area contributed by atoms with Crippen molar-refractivity contribution < 1.29 is 9.21 Å². The molecule has 1 amide bonds. The molecule has 0 spiro atoms. The van der Waals surface area contributed by atoms with Gasteiger partial charge in [0.2, 0.25) is 22.8 Å². The molecule has 0 bridgehead atoms. The molecular formula is C12H18N6O2S. The van der Waals surface area contributed by atoms with Crippen molar-refractivity contribution in [2.45, 2.75) is 33.2 Å². The summed E-state index contributed by atoms with van der Waals surface area (Å²) < 4.78 is 5.29. The van der Waals surface area contributed by atoms with Gasteiger partial charge in [0, 0.05) is 19.9 Å². The van der Waals surface area contributed by atoms with Crippen LogP contribution in [0.15, 0.2) is 4.42 Å². The van der Waals surface area contributed by atoms with Gasteiger partial charge in [0.1, 0.15) is 5.01 Å². The third kappa shape index (κ3) is 4.87. The Morgan fingerprint density at radius 3 is 2.76 bits per heavy atom. The fraction of sp³-hybridized carbons (Fsp3) is 0.583. The van der Waals surface area contributed by atoms with Crippen molar-refractivity contribution in [2.75, 3.05) is 18.9 Å². The van der Waals surface area contributed by atoms with Crippen molar-refractivity contribution in [3.63, 3.8) is 0 Å². The van der Waals surface area contributed by atoms with Crippen LogP contribution in [0.5, 0.6) is 0 Å². The number of nitrogens with zero attached hydrogens (tertiary/aromatic N) is 5. The largest absolute Gasteiger partial charge is 0.424 e. The molecule has 2 heterocycles. The minimum absolute atomic E-state index is 0.0811. The Labute approximate surface area is 126 Å². The molecule has 1 N–H and O–H groups in total. The zero-order valence-corrected chi connectivity index (χ0v) is 13.1. The number of anilines is 1. The first-order valence-corrected chi connectivity index (χ1v) is 7.48. The molecule has 0 aliphatic rings. The first-order valence-electron chi connectivity index (χ1n) is 6.66. The van der Waals surface area contributed by atoms with E-state index in [4.69, 9.17) is 4.42 Å². The van der Waals surface area contributed by atoms with Gasteiger partial charge in [-0.25, -0.2) is 0 Å². The molecule has 2 aromatic heterocycles. The van der Waals surface area contributed by atoms with Crippen LogP contribution in [0.3, 0.4) is 0 Å². The van der Waals surface area contributed by atoms with Gasteiger partial charge in [-0.05, 0) is 13.5 Å². The van der Waals surface area contributed by atoms with E-state index in [0.717, 1.165) is 11.4 Å². The molecule has 0 aliphatic heterocycles. The SMILES string of the molecule is CCc1nnc(NC(=O)CCN(C)Cc2nnc(C)o2)s1. The zero-order chi connectivity index (χ0) is 15.2. The fourth-order valence-electron chi connectivity index (χ4n) is 1.63. The smallest absolute Gasteiger partial charge is 0.230 e. The molecular weight excluding hydrogens is 292 g/mol. The van der Waals surface area contributed by atoms with Crippen LogP contribution in [0.2, 0.25) is 0 Å². The Morgan fingerprint density at radius 1 is 1.33 bits per heavy atom. The van der Waals surface area contributed by atoms with E-state index in [1.165, 1.54) is 11.3 Å². The second-order valence-electron chi connectivity index (χ2n) is 4.61. The Balaban J connectivity index is 1.73. The van der Waals surface area contributed by atoms with Gasteiger partial charge in [-0.3, -0.25) is 9.69 Å². The summed E-state index contributed by atoms with van der Waals surface area (Å²) in [6.07, 6.45) is 1.19. The second-order valence-corrected chi connectivity index (χ2v) is 5.67. The van der Waals surface area contributed by atoms with Gasteiger partial charge in [0.25, 0.3) is 0 Å². The summed E-state index contributed by atoms with van der Waals surface area (Å²) in [6.45, 7) is 4.86. The van der Waals surface area contributed by atoms with Gasteiger partial charge in [0.05, 0.1) is 6.54 Å². The molecule has 0 unspecified atom stereocenters. The van der Waals surface area contributed by atoms with Gasteiger partial charge in [0.15, 0.2) is 0 Å². The van der Waals surface area contributed by atoms with Crippen molar-refractivity contribution in [3.8, 4) is 0 Å². The number of aryl methyl sites for hydroxylation is 2. The van der Waals surface area contributed by atoms with Crippen molar-refractivity contribution in [2.24, 2.45) is 0 Å². The summed E-state index contributed by atoms with van der Waals surface area (Å²) in [7, 11) is 1.90. The highest BCUT2D eigenvalue weighted by Crippen LogP contribution is 2.15. The van der Waals surface area contributed by atoms with Crippen LogP contribution in [0.25, 0.3) is 0 Å². The Kier molecular flexibility index (Phi) is 5.34. The summed E-state index contributed by atoms with van der Waals surface area (Å²) >= 11 is 1.40. The van der Waals surface area contributed by atoms with Crippen LogP contribution in [0.1, 0.15) is 30.1 Å². The Hall–Kier alpha value is -1.87. The van der Waals surface area contributed by atoms with Crippen LogP contribution < -0.4 is 5.32 Å². The summed E-state index contributed by atoms with van der Waals surface area (Å²) in [4.78, 5) is 13.8. The topological polar surface area (TPSA) is 97.0 Å². The average Bonchev–Trinajstić information content (AvgIpc) is 3.05. The van der Waals surface area contributed by atoms with Crippen molar-refractivity contribution in [3.05, 3.63) is 16.8 Å². The molecule has 0 atom stereocenters. The maximum Gasteiger partial charge on any atom is 0.230 e. The van der Waals surface area contributed by atoms with E-state index in [0.29, 0.717) is 36.4 Å². The number of carbonyl (C=O) groups is 1. The molecule has 8 nitrogen and oxygen atoms in total.